The van der Waals surface area contributed by atoms with Crippen LogP contribution in [0.2, 0.25) is 0 Å². The average Bonchev–Trinajstić information content (AvgIpc) is 2.19. The summed E-state index contributed by atoms with van der Waals surface area (Å²) in [6, 6.07) is 0. The molecule has 0 radical (unpaired) electrons. The Hall–Kier alpha value is -1.09. The number of aliphatic imine (C=N–C) groups is 1. The highest BCUT2D eigenvalue weighted by Crippen LogP contribution is 2.06. The summed E-state index contributed by atoms with van der Waals surface area (Å²) in [7, 11) is 3.95. The summed E-state index contributed by atoms with van der Waals surface area (Å²) in [5, 5.41) is 0. The van der Waals surface area contributed by atoms with Gasteiger partial charge in [0.2, 0.25) is 0 Å². The smallest absolute Gasteiger partial charge is 0.0548 e. The van der Waals surface area contributed by atoms with Crippen LogP contribution < -0.4 is 0 Å². The molecule has 0 atom stereocenters. The van der Waals surface area contributed by atoms with Gasteiger partial charge in [0.05, 0.1) is 5.70 Å². The molecule has 0 aliphatic carbocycles. The van der Waals surface area contributed by atoms with Gasteiger partial charge in [-0.05, 0) is 13.1 Å². The van der Waals surface area contributed by atoms with E-state index in [1.165, 1.54) is 0 Å². The lowest BCUT2D eigenvalue weighted by atomic mass is 10.3. The van der Waals surface area contributed by atoms with E-state index in [9.17, 15) is 0 Å². The summed E-state index contributed by atoms with van der Waals surface area (Å²) in [6.45, 7) is 8.09. The molecule has 0 spiro atoms. The molecule has 0 aromatic heterocycles. The molecule has 1 rings (SSSR count). The number of hydrogen-bond acceptors (Lipinski definition) is 3. The number of likely N-dealkylation sites (N-methyl/N-ethyl adjacent to an activating group) is 1. The predicted octanol–water partition coefficient (Wildman–Crippen LogP) is 1.00. The fourth-order valence-corrected chi connectivity index (χ4v) is 1.55. The average molecular weight is 193 g/mol. The molecule has 0 N–H and O–H groups in total. The third kappa shape index (κ3) is 3.00. The van der Waals surface area contributed by atoms with Gasteiger partial charge in [-0.15, -0.1) is 0 Å². The van der Waals surface area contributed by atoms with Crippen LogP contribution in [0.3, 0.4) is 0 Å². The first-order valence-corrected chi connectivity index (χ1v) is 4.96. The maximum absolute atomic E-state index is 4.05. The molecule has 3 heteroatoms. The van der Waals surface area contributed by atoms with Gasteiger partial charge in [0.15, 0.2) is 0 Å². The van der Waals surface area contributed by atoms with E-state index in [4.69, 9.17) is 0 Å². The second kappa shape index (κ2) is 5.60. The highest BCUT2D eigenvalue weighted by Gasteiger charge is 2.14. The van der Waals surface area contributed by atoms with Crippen LogP contribution in [0.5, 0.6) is 0 Å². The molecule has 0 aromatic rings. The van der Waals surface area contributed by atoms with Crippen LogP contribution in [0.4, 0.5) is 0 Å². The topological polar surface area (TPSA) is 18.8 Å². The van der Waals surface area contributed by atoms with Crippen LogP contribution in [0.15, 0.2) is 29.4 Å². The van der Waals surface area contributed by atoms with Crippen molar-refractivity contribution in [1.29, 1.82) is 0 Å². The van der Waals surface area contributed by atoms with Crippen molar-refractivity contribution in [2.75, 3.05) is 40.3 Å². The van der Waals surface area contributed by atoms with Crippen molar-refractivity contribution in [3.63, 3.8) is 0 Å². The first-order valence-electron chi connectivity index (χ1n) is 4.96. The van der Waals surface area contributed by atoms with Crippen molar-refractivity contribution in [2.45, 2.75) is 0 Å². The van der Waals surface area contributed by atoms with E-state index >= 15 is 0 Å². The quantitative estimate of drug-likeness (QED) is 0.492. The van der Waals surface area contributed by atoms with Gasteiger partial charge < -0.3 is 9.80 Å². The summed E-state index contributed by atoms with van der Waals surface area (Å²) >= 11 is 0. The minimum absolute atomic E-state index is 1.07. The fraction of sp³-hybridized carbons (Fsp3) is 0.545. The predicted molar refractivity (Wildman–Crippen MR) is 61.8 cm³/mol. The van der Waals surface area contributed by atoms with E-state index in [1.54, 1.807) is 7.05 Å². The lowest BCUT2D eigenvalue weighted by Gasteiger charge is -2.34. The normalized spacial score (nSPS) is 20.4. The Morgan fingerprint density at radius 1 is 1.29 bits per heavy atom. The molecule has 14 heavy (non-hydrogen) atoms. The monoisotopic (exact) mass is 193 g/mol. The summed E-state index contributed by atoms with van der Waals surface area (Å²) in [5.74, 6) is 0. The zero-order valence-corrected chi connectivity index (χ0v) is 9.11. The lowest BCUT2D eigenvalue weighted by molar-refractivity contribution is 0.193. The second-order valence-corrected chi connectivity index (χ2v) is 3.50. The number of piperazine rings is 1. The molecule has 1 fully saturated rings. The Labute approximate surface area is 86.4 Å². The number of hydrogen-bond donors (Lipinski definition) is 0. The Morgan fingerprint density at radius 3 is 2.43 bits per heavy atom. The van der Waals surface area contributed by atoms with Crippen molar-refractivity contribution in [3.05, 3.63) is 24.4 Å². The Balaban J connectivity index is 2.61. The van der Waals surface area contributed by atoms with Crippen LogP contribution >= 0.6 is 0 Å². The van der Waals surface area contributed by atoms with E-state index in [-0.39, 0.29) is 0 Å². The van der Waals surface area contributed by atoms with E-state index in [2.05, 4.69) is 28.4 Å². The van der Waals surface area contributed by atoms with E-state index in [0.717, 1.165) is 31.9 Å². The van der Waals surface area contributed by atoms with Crippen molar-refractivity contribution >= 4 is 6.21 Å². The molecule has 1 saturated heterocycles. The van der Waals surface area contributed by atoms with Crippen molar-refractivity contribution in [1.82, 2.24) is 9.80 Å². The minimum Gasteiger partial charge on any atom is -0.368 e. The molecule has 78 valence electrons. The molecule has 1 heterocycles. The van der Waals surface area contributed by atoms with Gasteiger partial charge in [-0.2, -0.15) is 0 Å². The molecular weight excluding hydrogens is 174 g/mol. The SMILES string of the molecule is C=C/C=C(\C=NC)N1CCN(C)CC1. The summed E-state index contributed by atoms with van der Waals surface area (Å²) < 4.78 is 0. The van der Waals surface area contributed by atoms with E-state index < -0.39 is 0 Å². The summed E-state index contributed by atoms with van der Waals surface area (Å²) in [5.41, 5.74) is 1.16. The second-order valence-electron chi connectivity index (χ2n) is 3.50. The van der Waals surface area contributed by atoms with Gasteiger partial charge >= 0.3 is 0 Å². The number of rotatable bonds is 3. The van der Waals surface area contributed by atoms with Gasteiger partial charge in [0.25, 0.3) is 0 Å². The summed E-state index contributed by atoms with van der Waals surface area (Å²) in [6.07, 6.45) is 5.72. The van der Waals surface area contributed by atoms with Gasteiger partial charge in [0, 0.05) is 39.4 Å². The zero-order valence-electron chi connectivity index (χ0n) is 9.11. The van der Waals surface area contributed by atoms with E-state index in [0.29, 0.717) is 0 Å². The van der Waals surface area contributed by atoms with Gasteiger partial charge in [-0.3, -0.25) is 4.99 Å². The Kier molecular flexibility index (Phi) is 4.40. The minimum atomic E-state index is 1.07. The maximum Gasteiger partial charge on any atom is 0.0548 e. The van der Waals surface area contributed by atoms with Crippen molar-refractivity contribution in [2.24, 2.45) is 4.99 Å². The van der Waals surface area contributed by atoms with Crippen molar-refractivity contribution in [3.8, 4) is 0 Å². The van der Waals surface area contributed by atoms with Gasteiger partial charge in [-0.25, -0.2) is 0 Å². The molecule has 1 aliphatic heterocycles. The van der Waals surface area contributed by atoms with Crippen LogP contribution in [-0.2, 0) is 0 Å². The van der Waals surface area contributed by atoms with Crippen LogP contribution in [-0.4, -0.2) is 56.3 Å². The Bertz CT molecular complexity index is 235. The first kappa shape index (κ1) is 11.0. The van der Waals surface area contributed by atoms with Crippen molar-refractivity contribution < 1.29 is 0 Å². The fourth-order valence-electron chi connectivity index (χ4n) is 1.55. The third-order valence-electron chi connectivity index (χ3n) is 2.42. The molecular formula is C11H19N3. The van der Waals surface area contributed by atoms with E-state index in [1.807, 2.05) is 18.4 Å². The number of allylic oxidation sites excluding steroid dienone is 3. The number of nitrogens with zero attached hydrogens (tertiary/aromatic N) is 3. The third-order valence-corrected chi connectivity index (χ3v) is 2.42. The Morgan fingerprint density at radius 2 is 1.93 bits per heavy atom. The molecule has 1 aliphatic rings. The molecule has 0 aromatic carbocycles. The lowest BCUT2D eigenvalue weighted by Crippen LogP contribution is -2.44. The van der Waals surface area contributed by atoms with Crippen LogP contribution in [0.1, 0.15) is 0 Å². The highest BCUT2D eigenvalue weighted by molar-refractivity contribution is 5.78. The molecule has 0 saturated carbocycles. The summed E-state index contributed by atoms with van der Waals surface area (Å²) in [4.78, 5) is 8.73. The largest absolute Gasteiger partial charge is 0.368 e. The molecule has 3 nitrogen and oxygen atoms in total. The van der Waals surface area contributed by atoms with Gasteiger partial charge in [-0.1, -0.05) is 12.7 Å². The molecule has 0 unspecified atom stereocenters. The first-order chi connectivity index (χ1) is 6.77. The molecule has 0 bridgehead atoms. The standard InChI is InChI=1S/C11H19N3/c1-4-5-11(10-12-2)14-8-6-13(3)7-9-14/h4-5,10H,1,6-9H2,2-3H3/b11-5+,12-10?. The van der Waals surface area contributed by atoms with Gasteiger partial charge in [0.1, 0.15) is 0 Å². The highest BCUT2D eigenvalue weighted by atomic mass is 15.2. The molecule has 0 amide bonds. The van der Waals surface area contributed by atoms with Crippen LogP contribution in [0, 0.1) is 0 Å². The zero-order chi connectivity index (χ0) is 10.4. The van der Waals surface area contributed by atoms with Crippen LogP contribution in [0.25, 0.3) is 0 Å². The maximum atomic E-state index is 4.05.